The fourth-order valence-corrected chi connectivity index (χ4v) is 3.55. The molecule has 7 heteroatoms. The Hall–Kier alpha value is -2.08. The first-order valence-electron chi connectivity index (χ1n) is 8.90. The van der Waals surface area contributed by atoms with Crippen LogP contribution in [0.2, 0.25) is 10.0 Å². The summed E-state index contributed by atoms with van der Waals surface area (Å²) in [5.41, 5.74) is 1.21. The van der Waals surface area contributed by atoms with Crippen LogP contribution in [0.15, 0.2) is 48.5 Å². The Balaban J connectivity index is 1.56. The van der Waals surface area contributed by atoms with E-state index in [9.17, 15) is 9.59 Å². The van der Waals surface area contributed by atoms with Crippen LogP contribution in [0.3, 0.4) is 0 Å². The number of rotatable bonds is 4. The Morgan fingerprint density at radius 3 is 2.41 bits per heavy atom. The van der Waals surface area contributed by atoms with Gasteiger partial charge in [-0.25, -0.2) is 0 Å². The van der Waals surface area contributed by atoms with E-state index in [0.717, 1.165) is 18.0 Å². The second-order valence-electron chi connectivity index (χ2n) is 6.65. The highest BCUT2D eigenvalue weighted by Gasteiger charge is 2.31. The summed E-state index contributed by atoms with van der Waals surface area (Å²) in [6, 6.07) is 14.0. The van der Waals surface area contributed by atoms with Gasteiger partial charge in [0, 0.05) is 10.6 Å². The van der Waals surface area contributed by atoms with Crippen LogP contribution < -0.4 is 10.2 Å². The number of anilines is 1. The summed E-state index contributed by atoms with van der Waals surface area (Å²) in [6.07, 6.45) is 0. The predicted molar refractivity (Wildman–Crippen MR) is 108 cm³/mol. The standard InChI is InChI=1S/C20H21Cl2N3O2/c1-14(19(26)23-18-13-16(21)7-8-17(18)22)24-9-11-25(12-10-24)20(27)15-5-3-2-4-6-15/h2-8,13-14H,9-12H2,1H3,(H,23,26)/p+1/t14-/m0/s1. The van der Waals surface area contributed by atoms with Gasteiger partial charge in [0.2, 0.25) is 0 Å². The lowest BCUT2D eigenvalue weighted by atomic mass is 10.1. The van der Waals surface area contributed by atoms with Crippen molar-refractivity contribution >= 4 is 40.7 Å². The highest BCUT2D eigenvalue weighted by atomic mass is 35.5. The van der Waals surface area contributed by atoms with Crippen LogP contribution in [0.1, 0.15) is 17.3 Å². The molecule has 27 heavy (non-hydrogen) atoms. The quantitative estimate of drug-likeness (QED) is 0.818. The molecule has 0 saturated carbocycles. The van der Waals surface area contributed by atoms with Gasteiger partial charge in [-0.15, -0.1) is 0 Å². The Morgan fingerprint density at radius 1 is 1.07 bits per heavy atom. The highest BCUT2D eigenvalue weighted by molar-refractivity contribution is 6.35. The number of benzene rings is 2. The van der Waals surface area contributed by atoms with Crippen molar-refractivity contribution in [3.63, 3.8) is 0 Å². The van der Waals surface area contributed by atoms with E-state index >= 15 is 0 Å². The lowest BCUT2D eigenvalue weighted by Crippen LogP contribution is -3.19. The molecule has 0 radical (unpaired) electrons. The summed E-state index contributed by atoms with van der Waals surface area (Å²) < 4.78 is 0. The molecule has 0 unspecified atom stereocenters. The van der Waals surface area contributed by atoms with E-state index in [-0.39, 0.29) is 17.9 Å². The van der Waals surface area contributed by atoms with Crippen LogP contribution >= 0.6 is 23.2 Å². The number of nitrogens with zero attached hydrogens (tertiary/aromatic N) is 1. The largest absolute Gasteiger partial charge is 0.327 e. The maximum atomic E-state index is 12.6. The third-order valence-corrected chi connectivity index (χ3v) is 5.47. The topological polar surface area (TPSA) is 53.9 Å². The van der Waals surface area contributed by atoms with Crippen molar-refractivity contribution in [2.45, 2.75) is 13.0 Å². The van der Waals surface area contributed by atoms with Crippen LogP contribution in [-0.2, 0) is 4.79 Å². The van der Waals surface area contributed by atoms with Crippen molar-refractivity contribution in [2.24, 2.45) is 0 Å². The van der Waals surface area contributed by atoms with Crippen molar-refractivity contribution in [3.8, 4) is 0 Å². The van der Waals surface area contributed by atoms with Crippen molar-refractivity contribution in [2.75, 3.05) is 31.5 Å². The van der Waals surface area contributed by atoms with Crippen LogP contribution in [0, 0.1) is 0 Å². The zero-order valence-electron chi connectivity index (χ0n) is 15.0. The fraction of sp³-hybridized carbons (Fsp3) is 0.300. The number of hydrogen-bond donors (Lipinski definition) is 2. The summed E-state index contributed by atoms with van der Waals surface area (Å²) in [5.74, 6) is -0.0746. The molecular formula is C20H22Cl2N3O2+. The first kappa shape index (κ1) is 19.7. The summed E-state index contributed by atoms with van der Waals surface area (Å²) in [6.45, 7) is 4.57. The second kappa shape index (κ2) is 8.74. The molecule has 3 rings (SSSR count). The minimum Gasteiger partial charge on any atom is -0.327 e. The Kier molecular flexibility index (Phi) is 6.37. The van der Waals surface area contributed by atoms with E-state index in [1.54, 1.807) is 18.2 Å². The van der Waals surface area contributed by atoms with Crippen LogP contribution in [-0.4, -0.2) is 48.9 Å². The number of carbonyl (C=O) groups excluding carboxylic acids is 2. The third-order valence-electron chi connectivity index (χ3n) is 4.91. The molecule has 1 fully saturated rings. The van der Waals surface area contributed by atoms with Gasteiger partial charge in [0.1, 0.15) is 0 Å². The zero-order chi connectivity index (χ0) is 19.4. The number of piperazine rings is 1. The van der Waals surface area contributed by atoms with Gasteiger partial charge >= 0.3 is 0 Å². The Bertz CT molecular complexity index is 821. The molecule has 1 heterocycles. The van der Waals surface area contributed by atoms with Gasteiger partial charge in [-0.05, 0) is 37.3 Å². The average molecular weight is 407 g/mol. The number of halogens is 2. The number of quaternary nitrogens is 1. The summed E-state index contributed by atoms with van der Waals surface area (Å²) in [7, 11) is 0. The molecule has 2 aromatic rings. The summed E-state index contributed by atoms with van der Waals surface area (Å²) in [4.78, 5) is 28.1. The van der Waals surface area contributed by atoms with Gasteiger partial charge in [-0.1, -0.05) is 41.4 Å². The Labute approximate surface area is 168 Å². The van der Waals surface area contributed by atoms with Gasteiger partial charge in [0.05, 0.1) is 36.9 Å². The molecule has 2 N–H and O–H groups in total. The van der Waals surface area contributed by atoms with Gasteiger partial charge in [-0.2, -0.15) is 0 Å². The number of hydrogen-bond acceptors (Lipinski definition) is 2. The predicted octanol–water partition coefficient (Wildman–Crippen LogP) is 2.36. The molecule has 5 nitrogen and oxygen atoms in total. The first-order valence-corrected chi connectivity index (χ1v) is 9.66. The maximum absolute atomic E-state index is 12.6. The van der Waals surface area contributed by atoms with Gasteiger partial charge in [-0.3, -0.25) is 9.59 Å². The molecule has 0 aromatic heterocycles. The third kappa shape index (κ3) is 4.80. The molecule has 0 bridgehead atoms. The smallest absolute Gasteiger partial charge is 0.282 e. The monoisotopic (exact) mass is 406 g/mol. The molecule has 1 aliphatic rings. The van der Waals surface area contributed by atoms with E-state index in [2.05, 4.69) is 5.32 Å². The van der Waals surface area contributed by atoms with E-state index in [4.69, 9.17) is 23.2 Å². The normalized spacial score (nSPS) is 16.0. The molecule has 142 valence electrons. The number of nitrogens with one attached hydrogen (secondary N) is 2. The number of amides is 2. The van der Waals surface area contributed by atoms with E-state index in [0.29, 0.717) is 34.4 Å². The highest BCUT2D eigenvalue weighted by Crippen LogP contribution is 2.25. The molecular weight excluding hydrogens is 385 g/mol. The van der Waals surface area contributed by atoms with Gasteiger partial charge in [0.25, 0.3) is 11.8 Å². The number of carbonyl (C=O) groups is 2. The lowest BCUT2D eigenvalue weighted by Gasteiger charge is -2.34. The van der Waals surface area contributed by atoms with Gasteiger partial charge in [0.15, 0.2) is 6.04 Å². The van der Waals surface area contributed by atoms with Crippen molar-refractivity contribution in [1.29, 1.82) is 0 Å². The van der Waals surface area contributed by atoms with Crippen molar-refractivity contribution in [1.82, 2.24) is 4.90 Å². The van der Waals surface area contributed by atoms with E-state index in [1.165, 1.54) is 0 Å². The van der Waals surface area contributed by atoms with E-state index < -0.39 is 0 Å². The summed E-state index contributed by atoms with van der Waals surface area (Å²) >= 11 is 12.1. The molecule has 2 amide bonds. The fourth-order valence-electron chi connectivity index (χ4n) is 3.21. The minimum atomic E-state index is -0.256. The van der Waals surface area contributed by atoms with Gasteiger partial charge < -0.3 is 15.1 Å². The Morgan fingerprint density at radius 2 is 1.74 bits per heavy atom. The first-order chi connectivity index (χ1) is 13.0. The minimum absolute atomic E-state index is 0.0393. The molecule has 1 aliphatic heterocycles. The molecule has 2 aromatic carbocycles. The van der Waals surface area contributed by atoms with Crippen LogP contribution in [0.5, 0.6) is 0 Å². The lowest BCUT2D eigenvalue weighted by molar-refractivity contribution is -0.917. The zero-order valence-corrected chi connectivity index (χ0v) is 16.6. The van der Waals surface area contributed by atoms with Crippen LogP contribution in [0.25, 0.3) is 0 Å². The second-order valence-corrected chi connectivity index (χ2v) is 7.50. The summed E-state index contributed by atoms with van der Waals surface area (Å²) in [5, 5.41) is 3.82. The van der Waals surface area contributed by atoms with Crippen molar-refractivity contribution in [3.05, 3.63) is 64.1 Å². The molecule has 1 saturated heterocycles. The molecule has 0 aliphatic carbocycles. The molecule has 1 atom stereocenters. The van der Waals surface area contributed by atoms with E-state index in [1.807, 2.05) is 42.2 Å². The van der Waals surface area contributed by atoms with Crippen molar-refractivity contribution < 1.29 is 14.5 Å². The average Bonchev–Trinajstić information content (AvgIpc) is 2.70. The maximum Gasteiger partial charge on any atom is 0.282 e. The SMILES string of the molecule is C[C@@H](C(=O)Nc1cc(Cl)ccc1Cl)[NH+]1CCN(C(=O)c2ccccc2)CC1. The van der Waals surface area contributed by atoms with Crippen LogP contribution in [0.4, 0.5) is 5.69 Å². The molecule has 0 spiro atoms.